The zero-order valence-corrected chi connectivity index (χ0v) is 17.0. The van der Waals surface area contributed by atoms with E-state index in [1.54, 1.807) is 29.2 Å². The Hall–Kier alpha value is -3.00. The van der Waals surface area contributed by atoms with Gasteiger partial charge < -0.3 is 15.0 Å². The number of allylic oxidation sites excluding steroid dienone is 2. The summed E-state index contributed by atoms with van der Waals surface area (Å²) in [5, 5.41) is 14.2. The van der Waals surface area contributed by atoms with Gasteiger partial charge >= 0.3 is 5.97 Å². The van der Waals surface area contributed by atoms with Gasteiger partial charge in [0.25, 0.3) is 5.69 Å². The lowest BCUT2D eigenvalue weighted by Crippen LogP contribution is -2.50. The minimum atomic E-state index is -0.615. The number of methoxy groups -OCH3 is 1. The Morgan fingerprint density at radius 3 is 2.63 bits per heavy atom. The molecule has 160 valence electrons. The van der Waals surface area contributed by atoms with Gasteiger partial charge in [-0.1, -0.05) is 30.4 Å². The molecule has 1 aromatic carbocycles. The Kier molecular flexibility index (Phi) is 6.99. The molecule has 1 aromatic rings. The Balaban J connectivity index is 1.87. The van der Waals surface area contributed by atoms with E-state index < -0.39 is 22.7 Å². The van der Waals surface area contributed by atoms with Crippen LogP contribution in [0.5, 0.6) is 0 Å². The van der Waals surface area contributed by atoms with Gasteiger partial charge in [0.15, 0.2) is 0 Å². The number of rotatable bonds is 6. The van der Waals surface area contributed by atoms with Crippen LogP contribution in [-0.2, 0) is 14.3 Å². The number of hydrogen-bond donors (Lipinski definition) is 1. The average molecular weight is 413 g/mol. The highest BCUT2D eigenvalue weighted by molar-refractivity contribution is 5.87. The van der Waals surface area contributed by atoms with Gasteiger partial charge in [-0.2, -0.15) is 0 Å². The number of carbonyl (C=O) groups excluding carboxylic acids is 2. The second-order valence-corrected chi connectivity index (χ2v) is 7.66. The van der Waals surface area contributed by atoms with E-state index in [2.05, 4.69) is 11.9 Å². The van der Waals surface area contributed by atoms with Crippen molar-refractivity contribution in [3.05, 3.63) is 58.7 Å². The Bertz CT molecular complexity index is 847. The fourth-order valence-corrected chi connectivity index (χ4v) is 4.45. The van der Waals surface area contributed by atoms with E-state index in [-0.39, 0.29) is 23.4 Å². The lowest BCUT2D eigenvalue weighted by atomic mass is 9.85. The average Bonchev–Trinajstić information content (AvgIpc) is 3.16. The van der Waals surface area contributed by atoms with Crippen molar-refractivity contribution in [3.63, 3.8) is 0 Å². The molecule has 4 atom stereocenters. The summed E-state index contributed by atoms with van der Waals surface area (Å²) in [5.74, 6) is -1.96. The third-order valence-corrected chi connectivity index (χ3v) is 5.96. The van der Waals surface area contributed by atoms with Gasteiger partial charge in [-0.3, -0.25) is 19.7 Å². The fourth-order valence-electron chi connectivity index (χ4n) is 4.45. The van der Waals surface area contributed by atoms with Crippen LogP contribution in [0, 0.1) is 33.8 Å². The molecule has 1 heterocycles. The molecule has 0 aromatic heterocycles. The number of benzene rings is 1. The van der Waals surface area contributed by atoms with E-state index in [4.69, 9.17) is 4.74 Å². The van der Waals surface area contributed by atoms with Crippen LogP contribution < -0.4 is 5.32 Å². The molecule has 1 aliphatic heterocycles. The summed E-state index contributed by atoms with van der Waals surface area (Å²) in [7, 11) is 1.33. The number of amides is 1. The molecule has 1 saturated carbocycles. The van der Waals surface area contributed by atoms with Gasteiger partial charge in [0.05, 0.1) is 23.9 Å². The van der Waals surface area contributed by atoms with Crippen molar-refractivity contribution in [2.24, 2.45) is 23.7 Å². The molecule has 1 saturated heterocycles. The first-order chi connectivity index (χ1) is 14.5. The van der Waals surface area contributed by atoms with Gasteiger partial charge in [0, 0.05) is 38.3 Å². The summed E-state index contributed by atoms with van der Waals surface area (Å²) in [5.41, 5.74) is 0.670. The topological polar surface area (TPSA) is 102 Å². The van der Waals surface area contributed by atoms with E-state index in [0.717, 1.165) is 13.1 Å². The summed E-state index contributed by atoms with van der Waals surface area (Å²) in [6.07, 6.45) is 5.98. The van der Waals surface area contributed by atoms with Crippen molar-refractivity contribution >= 4 is 23.6 Å². The second-order valence-electron chi connectivity index (χ2n) is 7.66. The third kappa shape index (κ3) is 4.59. The molecule has 2 fully saturated rings. The van der Waals surface area contributed by atoms with Gasteiger partial charge in [-0.05, 0) is 23.8 Å². The smallest absolute Gasteiger partial charge is 0.310 e. The van der Waals surface area contributed by atoms with Crippen molar-refractivity contribution in [1.82, 2.24) is 10.2 Å². The highest BCUT2D eigenvalue weighted by Gasteiger charge is 2.50. The highest BCUT2D eigenvalue weighted by Crippen LogP contribution is 2.45. The van der Waals surface area contributed by atoms with Crippen LogP contribution >= 0.6 is 0 Å². The lowest BCUT2D eigenvalue weighted by Gasteiger charge is -2.32. The molecule has 0 radical (unpaired) electrons. The number of ether oxygens (including phenoxy) is 1. The molecule has 0 unspecified atom stereocenters. The first-order valence-electron chi connectivity index (χ1n) is 10.1. The van der Waals surface area contributed by atoms with E-state index in [1.165, 1.54) is 19.2 Å². The number of piperazine rings is 1. The van der Waals surface area contributed by atoms with Crippen LogP contribution in [0.2, 0.25) is 0 Å². The SMILES string of the molecule is C=C[C@H]1C[C@@H](/C=C/c2cccc([N+](=O)[O-])c2)[C@@H](C(=O)OC)[C@H]1C(=O)N1CCNCC1. The lowest BCUT2D eigenvalue weighted by molar-refractivity contribution is -0.384. The van der Waals surface area contributed by atoms with Crippen LogP contribution in [0.3, 0.4) is 0 Å². The zero-order valence-electron chi connectivity index (χ0n) is 17.0. The quantitative estimate of drug-likeness (QED) is 0.332. The molecule has 0 bridgehead atoms. The van der Waals surface area contributed by atoms with E-state index in [0.29, 0.717) is 25.1 Å². The minimum Gasteiger partial charge on any atom is -0.469 e. The summed E-state index contributed by atoms with van der Waals surface area (Å²) >= 11 is 0. The number of hydrogen-bond acceptors (Lipinski definition) is 6. The van der Waals surface area contributed by atoms with Gasteiger partial charge in [0.1, 0.15) is 0 Å². The molecule has 8 nitrogen and oxygen atoms in total. The fraction of sp³-hybridized carbons (Fsp3) is 0.455. The minimum absolute atomic E-state index is 0.00354. The maximum Gasteiger partial charge on any atom is 0.310 e. The van der Waals surface area contributed by atoms with Crippen molar-refractivity contribution in [2.45, 2.75) is 6.42 Å². The number of nitrogens with one attached hydrogen (secondary N) is 1. The molecule has 3 rings (SSSR count). The van der Waals surface area contributed by atoms with Crippen molar-refractivity contribution < 1.29 is 19.2 Å². The van der Waals surface area contributed by atoms with E-state index >= 15 is 0 Å². The predicted molar refractivity (Wildman–Crippen MR) is 112 cm³/mol. The summed E-state index contributed by atoms with van der Waals surface area (Å²) in [4.78, 5) is 38.3. The number of non-ortho nitro benzene ring substituents is 1. The van der Waals surface area contributed by atoms with Crippen LogP contribution in [0.25, 0.3) is 6.08 Å². The summed E-state index contributed by atoms with van der Waals surface area (Å²) in [6, 6.07) is 6.29. The predicted octanol–water partition coefficient (Wildman–Crippen LogP) is 2.27. The Labute approximate surface area is 175 Å². The van der Waals surface area contributed by atoms with Gasteiger partial charge in [0.2, 0.25) is 5.91 Å². The number of carbonyl (C=O) groups is 2. The molecule has 1 amide bonds. The molecule has 8 heteroatoms. The van der Waals surface area contributed by atoms with Gasteiger partial charge in [-0.15, -0.1) is 6.58 Å². The van der Waals surface area contributed by atoms with Crippen LogP contribution in [-0.4, -0.2) is 55.0 Å². The van der Waals surface area contributed by atoms with Gasteiger partial charge in [-0.25, -0.2) is 0 Å². The second kappa shape index (κ2) is 9.67. The van der Waals surface area contributed by atoms with Crippen LogP contribution in [0.4, 0.5) is 5.69 Å². The molecule has 1 N–H and O–H groups in total. The normalized spacial score (nSPS) is 26.5. The van der Waals surface area contributed by atoms with Crippen LogP contribution in [0.1, 0.15) is 12.0 Å². The molecule has 1 aliphatic carbocycles. The van der Waals surface area contributed by atoms with Crippen molar-refractivity contribution in [2.75, 3.05) is 33.3 Å². The number of nitro groups is 1. The van der Waals surface area contributed by atoms with E-state index in [1.807, 2.05) is 6.08 Å². The van der Waals surface area contributed by atoms with Crippen LogP contribution in [0.15, 0.2) is 43.0 Å². The number of esters is 1. The Morgan fingerprint density at radius 2 is 2.00 bits per heavy atom. The first kappa shape index (κ1) is 21.7. The summed E-state index contributed by atoms with van der Waals surface area (Å²) < 4.78 is 5.05. The largest absolute Gasteiger partial charge is 0.469 e. The highest BCUT2D eigenvalue weighted by atomic mass is 16.6. The standard InChI is InChI=1S/C22H27N3O5/c1-3-16-14-17(8-7-15-5-4-6-18(13-15)25(28)29)20(22(27)30-2)19(16)21(26)24-11-9-23-10-12-24/h3-8,13,16-17,19-20,23H,1,9-12,14H2,2H3/b8-7+/t16-,17+,19-,20+/m0/s1. The third-order valence-electron chi connectivity index (χ3n) is 5.96. The maximum absolute atomic E-state index is 13.3. The van der Waals surface area contributed by atoms with E-state index in [9.17, 15) is 19.7 Å². The molecular weight excluding hydrogens is 386 g/mol. The molecule has 2 aliphatic rings. The summed E-state index contributed by atoms with van der Waals surface area (Å²) in [6.45, 7) is 6.58. The zero-order chi connectivity index (χ0) is 21.7. The maximum atomic E-state index is 13.3. The molecule has 30 heavy (non-hydrogen) atoms. The van der Waals surface area contributed by atoms with Crippen molar-refractivity contribution in [1.29, 1.82) is 0 Å². The molecule has 0 spiro atoms. The number of nitro benzene ring substituents is 1. The Morgan fingerprint density at radius 1 is 1.27 bits per heavy atom. The first-order valence-corrected chi connectivity index (χ1v) is 10.1. The molecular formula is C22H27N3O5. The van der Waals surface area contributed by atoms with Crippen molar-refractivity contribution in [3.8, 4) is 0 Å². The number of nitrogens with zero attached hydrogens (tertiary/aromatic N) is 2. The monoisotopic (exact) mass is 413 g/mol.